The number of hydrogen-bond donors (Lipinski definition) is 1. The van der Waals surface area contributed by atoms with Gasteiger partial charge in [-0.15, -0.1) is 0 Å². The number of carbonyl (C=O) groups excluding carboxylic acids is 1. The first-order chi connectivity index (χ1) is 13.8. The smallest absolute Gasteiger partial charge is 0.264 e. The summed E-state index contributed by atoms with van der Waals surface area (Å²) < 4.78 is 27.2. The quantitative estimate of drug-likeness (QED) is 0.811. The van der Waals surface area contributed by atoms with Crippen molar-refractivity contribution in [3.05, 3.63) is 53.8 Å². The van der Waals surface area contributed by atoms with Crippen LogP contribution in [0.2, 0.25) is 0 Å². The summed E-state index contributed by atoms with van der Waals surface area (Å²) in [6.45, 7) is 6.83. The van der Waals surface area contributed by atoms with Crippen LogP contribution in [0.25, 0.3) is 16.5 Å². The molecule has 0 spiro atoms. The lowest BCUT2D eigenvalue weighted by molar-refractivity contribution is 0.0982. The van der Waals surface area contributed by atoms with Crippen LogP contribution in [0, 0.1) is 0 Å². The summed E-state index contributed by atoms with van der Waals surface area (Å²) in [7, 11) is -1.80. The lowest BCUT2D eigenvalue weighted by atomic mass is 9.96. The van der Waals surface area contributed by atoms with Gasteiger partial charge in [-0.3, -0.25) is 9.79 Å². The molecule has 2 heterocycles. The highest BCUT2D eigenvalue weighted by Crippen LogP contribution is 2.36. The molecule has 154 valence electrons. The summed E-state index contributed by atoms with van der Waals surface area (Å²) in [6, 6.07) is 5.40. The van der Waals surface area contributed by atoms with Crippen molar-refractivity contribution in [2.75, 3.05) is 13.3 Å². The average Bonchev–Trinajstić information content (AvgIpc) is 2.83. The van der Waals surface area contributed by atoms with Gasteiger partial charge in [-0.1, -0.05) is 38.1 Å². The first kappa shape index (κ1) is 21.0. The predicted octanol–water partition coefficient (Wildman–Crippen LogP) is 3.72. The van der Waals surface area contributed by atoms with Gasteiger partial charge in [-0.05, 0) is 37.0 Å². The highest BCUT2D eigenvalue weighted by atomic mass is 32.2. The number of carbonyl (C=O) groups is 1. The minimum Gasteiger partial charge on any atom is -0.340 e. The van der Waals surface area contributed by atoms with E-state index in [1.165, 1.54) is 5.56 Å². The molecule has 1 aliphatic rings. The van der Waals surface area contributed by atoms with Gasteiger partial charge >= 0.3 is 0 Å². The van der Waals surface area contributed by atoms with E-state index in [1.54, 1.807) is 18.2 Å². The van der Waals surface area contributed by atoms with Gasteiger partial charge in [0.2, 0.25) is 10.0 Å². The molecule has 29 heavy (non-hydrogen) atoms. The fraction of sp³-hybridized carbons (Fsp3) is 0.364. The maximum Gasteiger partial charge on any atom is 0.264 e. The first-order valence-electron chi connectivity index (χ1n) is 9.77. The highest BCUT2D eigenvalue weighted by Gasteiger charge is 2.25. The number of fused-ring (bicyclic) bond motifs is 3. The lowest BCUT2D eigenvalue weighted by Gasteiger charge is -2.12. The summed E-state index contributed by atoms with van der Waals surface area (Å²) in [6.07, 6.45) is 8.47. The van der Waals surface area contributed by atoms with Crippen LogP contribution >= 0.6 is 0 Å². The fourth-order valence-electron chi connectivity index (χ4n) is 4.03. The standard InChI is InChI=1S/C22H27N3O3S/c1-5-8-17-16-12-11-15(22(26)24-29(4,27)28)14-20(16)25-13-7-10-19(23-3)18(9-6-2)21(17)25/h6,9,11-12,14H,2,5,7-8,10,13H2,1,3-4H3,(H,24,26)/b18-9+,23-19?. The number of allylic oxidation sites excluding steroid dienone is 3. The molecule has 0 saturated carbocycles. The Kier molecular flexibility index (Phi) is 6.07. The summed E-state index contributed by atoms with van der Waals surface area (Å²) >= 11 is 0. The number of nitrogens with zero attached hydrogens (tertiary/aromatic N) is 2. The van der Waals surface area contributed by atoms with Crippen LogP contribution in [0.5, 0.6) is 0 Å². The minimum atomic E-state index is -3.62. The van der Waals surface area contributed by atoms with E-state index in [0.717, 1.165) is 66.4 Å². The van der Waals surface area contributed by atoms with Crippen molar-refractivity contribution in [2.24, 2.45) is 4.99 Å². The fourth-order valence-corrected chi connectivity index (χ4v) is 4.49. The highest BCUT2D eigenvalue weighted by molar-refractivity contribution is 7.89. The molecule has 1 aromatic heterocycles. The SMILES string of the molecule is C=C/C=C1\C(=NC)CCCn2c1c(CCC)c1ccc(C(=O)NS(C)(=O)=O)cc12. The number of hydrogen-bond acceptors (Lipinski definition) is 4. The number of aliphatic imine (C=N–C) groups is 1. The Morgan fingerprint density at radius 2 is 2.14 bits per heavy atom. The topological polar surface area (TPSA) is 80.5 Å². The van der Waals surface area contributed by atoms with Crippen molar-refractivity contribution in [1.82, 2.24) is 9.29 Å². The van der Waals surface area contributed by atoms with Crippen molar-refractivity contribution in [3.8, 4) is 0 Å². The maximum absolute atomic E-state index is 12.4. The molecular weight excluding hydrogens is 386 g/mol. The molecule has 1 N–H and O–H groups in total. The molecular formula is C22H27N3O3S. The van der Waals surface area contributed by atoms with Crippen molar-refractivity contribution >= 4 is 38.1 Å². The number of aromatic nitrogens is 1. The molecule has 2 aromatic rings. The Balaban J connectivity index is 2.28. The Morgan fingerprint density at radius 1 is 1.38 bits per heavy atom. The van der Waals surface area contributed by atoms with Gasteiger partial charge in [0.05, 0.1) is 11.9 Å². The zero-order chi connectivity index (χ0) is 21.2. The van der Waals surface area contributed by atoms with Crippen molar-refractivity contribution in [2.45, 2.75) is 39.2 Å². The van der Waals surface area contributed by atoms with Crippen LogP contribution < -0.4 is 4.72 Å². The average molecular weight is 414 g/mol. The lowest BCUT2D eigenvalue weighted by Crippen LogP contribution is -2.29. The van der Waals surface area contributed by atoms with E-state index in [4.69, 9.17) is 0 Å². The van der Waals surface area contributed by atoms with E-state index in [1.807, 2.05) is 19.2 Å². The second-order valence-electron chi connectivity index (χ2n) is 7.25. The van der Waals surface area contributed by atoms with Crippen molar-refractivity contribution in [1.29, 1.82) is 0 Å². The molecule has 0 bridgehead atoms. The largest absolute Gasteiger partial charge is 0.340 e. The zero-order valence-corrected chi connectivity index (χ0v) is 18.0. The van der Waals surface area contributed by atoms with Crippen LogP contribution in [-0.4, -0.2) is 37.9 Å². The molecule has 0 radical (unpaired) electrons. The number of sulfonamides is 1. The van der Waals surface area contributed by atoms with E-state index in [0.29, 0.717) is 5.56 Å². The minimum absolute atomic E-state index is 0.328. The van der Waals surface area contributed by atoms with E-state index < -0.39 is 15.9 Å². The van der Waals surface area contributed by atoms with Crippen LogP contribution in [-0.2, 0) is 23.0 Å². The Bertz CT molecular complexity index is 1140. The van der Waals surface area contributed by atoms with E-state index >= 15 is 0 Å². The summed E-state index contributed by atoms with van der Waals surface area (Å²) in [5.41, 5.74) is 5.75. The van der Waals surface area contributed by atoms with Gasteiger partial charge in [0.25, 0.3) is 5.91 Å². The second-order valence-corrected chi connectivity index (χ2v) is 9.00. The number of rotatable bonds is 5. The van der Waals surface area contributed by atoms with Gasteiger partial charge < -0.3 is 4.57 Å². The molecule has 3 rings (SSSR count). The molecule has 0 aliphatic carbocycles. The van der Waals surface area contributed by atoms with Gasteiger partial charge in [0.1, 0.15) is 0 Å². The normalized spacial score (nSPS) is 17.3. The van der Waals surface area contributed by atoms with Crippen LogP contribution in [0.4, 0.5) is 0 Å². The molecule has 0 atom stereocenters. The molecule has 6 nitrogen and oxygen atoms in total. The monoisotopic (exact) mass is 413 g/mol. The molecule has 7 heteroatoms. The molecule has 1 aromatic carbocycles. The summed E-state index contributed by atoms with van der Waals surface area (Å²) in [5, 5.41) is 1.09. The summed E-state index contributed by atoms with van der Waals surface area (Å²) in [4.78, 5) is 16.9. The van der Waals surface area contributed by atoms with E-state index in [-0.39, 0.29) is 0 Å². The van der Waals surface area contributed by atoms with Gasteiger partial charge in [0.15, 0.2) is 0 Å². The third kappa shape index (κ3) is 4.19. The predicted molar refractivity (Wildman–Crippen MR) is 119 cm³/mol. The van der Waals surface area contributed by atoms with Crippen molar-refractivity contribution in [3.63, 3.8) is 0 Å². The third-order valence-electron chi connectivity index (χ3n) is 5.13. The van der Waals surface area contributed by atoms with Crippen LogP contribution in [0.3, 0.4) is 0 Å². The first-order valence-corrected chi connectivity index (χ1v) is 11.7. The zero-order valence-electron chi connectivity index (χ0n) is 17.2. The molecule has 0 fully saturated rings. The number of benzene rings is 1. The molecule has 1 aliphatic heterocycles. The van der Waals surface area contributed by atoms with Crippen molar-refractivity contribution < 1.29 is 13.2 Å². The number of nitrogens with one attached hydrogen (secondary N) is 1. The van der Waals surface area contributed by atoms with Crippen LogP contribution in [0.1, 0.15) is 47.8 Å². The van der Waals surface area contributed by atoms with Crippen LogP contribution in [0.15, 0.2) is 41.9 Å². The van der Waals surface area contributed by atoms with Gasteiger partial charge in [-0.25, -0.2) is 13.1 Å². The Morgan fingerprint density at radius 3 is 2.76 bits per heavy atom. The van der Waals surface area contributed by atoms with Gasteiger partial charge in [-0.2, -0.15) is 0 Å². The summed E-state index contributed by atoms with van der Waals surface area (Å²) in [5.74, 6) is -0.617. The Labute approximate surface area is 172 Å². The van der Waals surface area contributed by atoms with Gasteiger partial charge in [0, 0.05) is 41.3 Å². The number of aryl methyl sites for hydroxylation is 2. The third-order valence-corrected chi connectivity index (χ3v) is 5.68. The number of amides is 1. The molecule has 0 unspecified atom stereocenters. The molecule has 1 amide bonds. The van der Waals surface area contributed by atoms with E-state index in [9.17, 15) is 13.2 Å². The second kappa shape index (κ2) is 8.37. The maximum atomic E-state index is 12.4. The molecule has 0 saturated heterocycles. The Hall–Kier alpha value is -2.67. The van der Waals surface area contributed by atoms with E-state index in [2.05, 4.69) is 27.8 Å².